The number of carbonyl (C=O) groups excluding carboxylic acids is 1. The predicted molar refractivity (Wildman–Crippen MR) is 107 cm³/mol. The number of rotatable bonds is 5. The summed E-state index contributed by atoms with van der Waals surface area (Å²) >= 11 is 2.16. The van der Waals surface area contributed by atoms with E-state index in [4.69, 9.17) is 0 Å². The highest BCUT2D eigenvalue weighted by molar-refractivity contribution is 14.1. The van der Waals surface area contributed by atoms with Crippen molar-refractivity contribution in [3.63, 3.8) is 0 Å². The molecule has 0 fully saturated rings. The Hall–Kier alpha value is -2.42. The van der Waals surface area contributed by atoms with E-state index in [0.29, 0.717) is 23.4 Å². The first-order valence-corrected chi connectivity index (χ1v) is 9.14. The highest BCUT2D eigenvalue weighted by Crippen LogP contribution is 2.17. The standard InChI is InChI=1S/C19H17FIN3O2/c1-12-15(10-11-18(25)22-17-5-3-2-4-16(17)21)19(26)24(23-12)14-8-6-13(20)7-9-14/h2-9,23H,10-11H2,1H3,(H,22,25). The molecule has 1 heterocycles. The summed E-state index contributed by atoms with van der Waals surface area (Å²) in [6, 6.07) is 13.2. The van der Waals surface area contributed by atoms with Crippen molar-refractivity contribution in [1.82, 2.24) is 9.78 Å². The van der Waals surface area contributed by atoms with Gasteiger partial charge in [-0.2, -0.15) is 0 Å². The molecule has 7 heteroatoms. The van der Waals surface area contributed by atoms with E-state index in [2.05, 4.69) is 33.0 Å². The molecule has 0 aliphatic heterocycles. The molecule has 0 spiro atoms. The van der Waals surface area contributed by atoms with E-state index < -0.39 is 0 Å². The average Bonchev–Trinajstić information content (AvgIpc) is 2.90. The van der Waals surface area contributed by atoms with Gasteiger partial charge < -0.3 is 5.32 Å². The molecular formula is C19H17FIN3O2. The minimum atomic E-state index is -0.363. The normalized spacial score (nSPS) is 10.7. The number of aryl methyl sites for hydroxylation is 1. The van der Waals surface area contributed by atoms with Crippen molar-refractivity contribution in [2.24, 2.45) is 0 Å². The van der Waals surface area contributed by atoms with Crippen LogP contribution < -0.4 is 10.9 Å². The summed E-state index contributed by atoms with van der Waals surface area (Å²) in [5.41, 5.74) is 2.33. The first-order valence-electron chi connectivity index (χ1n) is 8.06. The summed E-state index contributed by atoms with van der Waals surface area (Å²) in [4.78, 5) is 24.8. The van der Waals surface area contributed by atoms with Crippen LogP contribution in [0.2, 0.25) is 0 Å². The lowest BCUT2D eigenvalue weighted by molar-refractivity contribution is -0.116. The Labute approximate surface area is 163 Å². The van der Waals surface area contributed by atoms with Crippen molar-refractivity contribution in [3.8, 4) is 5.69 Å². The van der Waals surface area contributed by atoms with E-state index in [-0.39, 0.29) is 23.7 Å². The van der Waals surface area contributed by atoms with Gasteiger partial charge in [-0.3, -0.25) is 14.7 Å². The smallest absolute Gasteiger partial charge is 0.274 e. The highest BCUT2D eigenvalue weighted by atomic mass is 127. The Morgan fingerprint density at radius 3 is 2.58 bits per heavy atom. The zero-order valence-electron chi connectivity index (χ0n) is 14.1. The minimum Gasteiger partial charge on any atom is -0.325 e. The molecule has 2 aromatic carbocycles. The van der Waals surface area contributed by atoms with Crippen molar-refractivity contribution in [2.75, 3.05) is 5.32 Å². The van der Waals surface area contributed by atoms with Crippen LogP contribution >= 0.6 is 22.6 Å². The van der Waals surface area contributed by atoms with Crippen LogP contribution in [-0.2, 0) is 11.2 Å². The zero-order chi connectivity index (χ0) is 18.7. The van der Waals surface area contributed by atoms with Crippen molar-refractivity contribution in [1.29, 1.82) is 0 Å². The zero-order valence-corrected chi connectivity index (χ0v) is 16.2. The van der Waals surface area contributed by atoms with Crippen molar-refractivity contribution in [2.45, 2.75) is 19.8 Å². The summed E-state index contributed by atoms with van der Waals surface area (Å²) in [6.45, 7) is 1.79. The van der Waals surface area contributed by atoms with Gasteiger partial charge in [-0.05, 0) is 72.3 Å². The van der Waals surface area contributed by atoms with Gasteiger partial charge in [0, 0.05) is 21.2 Å². The molecule has 0 aliphatic rings. The lowest BCUT2D eigenvalue weighted by atomic mass is 10.1. The molecule has 3 rings (SSSR count). The molecule has 134 valence electrons. The van der Waals surface area contributed by atoms with E-state index >= 15 is 0 Å². The molecule has 0 atom stereocenters. The van der Waals surface area contributed by atoms with Gasteiger partial charge in [0.1, 0.15) is 5.82 Å². The van der Waals surface area contributed by atoms with Gasteiger partial charge in [-0.1, -0.05) is 12.1 Å². The summed E-state index contributed by atoms with van der Waals surface area (Å²) < 4.78 is 15.4. The largest absolute Gasteiger partial charge is 0.325 e. The van der Waals surface area contributed by atoms with Crippen LogP contribution in [0.4, 0.5) is 10.1 Å². The van der Waals surface area contributed by atoms with Gasteiger partial charge in [0.15, 0.2) is 0 Å². The number of hydrogen-bond acceptors (Lipinski definition) is 2. The fraction of sp³-hybridized carbons (Fsp3) is 0.158. The molecule has 26 heavy (non-hydrogen) atoms. The van der Waals surface area contributed by atoms with Crippen LogP contribution in [0.5, 0.6) is 0 Å². The number of aromatic nitrogens is 2. The topological polar surface area (TPSA) is 66.9 Å². The molecule has 0 radical (unpaired) electrons. The second-order valence-electron chi connectivity index (χ2n) is 5.86. The number of para-hydroxylation sites is 1. The van der Waals surface area contributed by atoms with Crippen LogP contribution in [0.1, 0.15) is 17.7 Å². The number of hydrogen-bond donors (Lipinski definition) is 2. The molecule has 0 saturated carbocycles. The molecule has 5 nitrogen and oxygen atoms in total. The molecule has 0 bridgehead atoms. The molecule has 3 aromatic rings. The van der Waals surface area contributed by atoms with E-state index in [1.807, 2.05) is 24.3 Å². The summed E-state index contributed by atoms with van der Waals surface area (Å²) in [7, 11) is 0. The molecule has 2 N–H and O–H groups in total. The number of H-pyrrole nitrogens is 1. The Morgan fingerprint density at radius 2 is 1.88 bits per heavy atom. The van der Waals surface area contributed by atoms with E-state index in [0.717, 1.165) is 9.26 Å². The quantitative estimate of drug-likeness (QED) is 0.564. The Morgan fingerprint density at radius 1 is 1.19 bits per heavy atom. The van der Waals surface area contributed by atoms with Gasteiger partial charge in [-0.25, -0.2) is 9.07 Å². The maximum atomic E-state index is 13.1. The number of aromatic amines is 1. The van der Waals surface area contributed by atoms with Crippen LogP contribution in [0, 0.1) is 16.3 Å². The molecule has 1 amide bonds. The molecule has 0 saturated heterocycles. The third kappa shape index (κ3) is 4.04. The maximum absolute atomic E-state index is 13.1. The van der Waals surface area contributed by atoms with Crippen LogP contribution in [0.3, 0.4) is 0 Å². The Balaban J connectivity index is 1.72. The highest BCUT2D eigenvalue weighted by Gasteiger charge is 2.14. The van der Waals surface area contributed by atoms with Crippen molar-refractivity contribution >= 4 is 34.2 Å². The Kier molecular flexibility index (Phi) is 5.55. The van der Waals surface area contributed by atoms with E-state index in [9.17, 15) is 14.0 Å². The average molecular weight is 465 g/mol. The fourth-order valence-electron chi connectivity index (χ4n) is 2.66. The third-order valence-electron chi connectivity index (χ3n) is 4.03. The number of nitrogens with zero attached hydrogens (tertiary/aromatic N) is 1. The number of amides is 1. The fourth-order valence-corrected chi connectivity index (χ4v) is 3.18. The minimum absolute atomic E-state index is 0.151. The van der Waals surface area contributed by atoms with Gasteiger partial charge in [0.25, 0.3) is 5.56 Å². The summed E-state index contributed by atoms with van der Waals surface area (Å²) in [5.74, 6) is -0.514. The number of benzene rings is 2. The molecular weight excluding hydrogens is 448 g/mol. The molecule has 1 aromatic heterocycles. The van der Waals surface area contributed by atoms with Gasteiger partial charge >= 0.3 is 0 Å². The van der Waals surface area contributed by atoms with Gasteiger partial charge in [0.05, 0.1) is 11.4 Å². The van der Waals surface area contributed by atoms with Crippen LogP contribution in [0.25, 0.3) is 5.69 Å². The SMILES string of the molecule is Cc1[nH]n(-c2ccc(F)cc2)c(=O)c1CCC(=O)Nc1ccccc1I. The van der Waals surface area contributed by atoms with E-state index in [1.165, 1.54) is 28.9 Å². The van der Waals surface area contributed by atoms with Crippen molar-refractivity contribution in [3.05, 3.63) is 79.5 Å². The second-order valence-corrected chi connectivity index (χ2v) is 7.02. The third-order valence-corrected chi connectivity index (χ3v) is 4.97. The van der Waals surface area contributed by atoms with Gasteiger partial charge in [-0.15, -0.1) is 0 Å². The predicted octanol–water partition coefficient (Wildman–Crippen LogP) is 3.79. The first kappa shape index (κ1) is 18.4. The number of anilines is 1. The van der Waals surface area contributed by atoms with Gasteiger partial charge in [0.2, 0.25) is 5.91 Å². The lowest BCUT2D eigenvalue weighted by Gasteiger charge is -2.06. The lowest BCUT2D eigenvalue weighted by Crippen LogP contribution is -2.19. The monoisotopic (exact) mass is 465 g/mol. The number of nitrogens with one attached hydrogen (secondary N) is 2. The Bertz CT molecular complexity index is 993. The maximum Gasteiger partial charge on any atom is 0.274 e. The first-order chi connectivity index (χ1) is 12.5. The van der Waals surface area contributed by atoms with Crippen LogP contribution in [0.15, 0.2) is 53.3 Å². The number of halogens is 2. The molecule has 0 unspecified atom stereocenters. The van der Waals surface area contributed by atoms with E-state index in [1.54, 1.807) is 6.92 Å². The summed E-state index contributed by atoms with van der Waals surface area (Å²) in [6.07, 6.45) is 0.521. The van der Waals surface area contributed by atoms with Crippen molar-refractivity contribution < 1.29 is 9.18 Å². The molecule has 0 aliphatic carbocycles. The second kappa shape index (κ2) is 7.86. The number of carbonyl (C=O) groups is 1. The van der Waals surface area contributed by atoms with Crippen LogP contribution in [-0.4, -0.2) is 15.7 Å². The summed E-state index contributed by atoms with van der Waals surface area (Å²) in [5, 5.41) is 5.84.